The molecule has 1 aromatic heterocycles. The van der Waals surface area contributed by atoms with Gasteiger partial charge in [-0.2, -0.15) is 0 Å². The quantitative estimate of drug-likeness (QED) is 0.487. The zero-order chi connectivity index (χ0) is 20.1. The molecule has 8 heteroatoms. The Hall–Kier alpha value is -3.42. The SMILES string of the molecule is O=C(NCCc1ccc(F)cc1)c1ccc(Nc2ccc(F)c(F)c2F)nc1. The number of nitrogens with zero attached hydrogens (tertiary/aromatic N) is 1. The summed E-state index contributed by atoms with van der Waals surface area (Å²) in [6.45, 7) is 0.352. The standard InChI is InChI=1S/C20H15F4N3O/c21-14-4-1-12(2-5-14)9-10-25-20(28)13-3-8-17(26-11-13)27-16-7-6-15(22)18(23)19(16)24/h1-8,11H,9-10H2,(H,25,28)(H,26,27). The van der Waals surface area contributed by atoms with E-state index < -0.39 is 17.5 Å². The normalized spacial score (nSPS) is 10.6. The zero-order valence-electron chi connectivity index (χ0n) is 14.5. The van der Waals surface area contributed by atoms with Crippen molar-refractivity contribution in [1.29, 1.82) is 0 Å². The van der Waals surface area contributed by atoms with E-state index in [1.165, 1.54) is 30.5 Å². The molecule has 28 heavy (non-hydrogen) atoms. The lowest BCUT2D eigenvalue weighted by atomic mass is 10.1. The molecule has 0 atom stereocenters. The molecule has 3 aromatic rings. The summed E-state index contributed by atoms with van der Waals surface area (Å²) < 4.78 is 52.7. The number of aromatic nitrogens is 1. The first-order valence-electron chi connectivity index (χ1n) is 8.33. The number of carbonyl (C=O) groups excluding carboxylic acids is 1. The van der Waals surface area contributed by atoms with E-state index in [0.29, 0.717) is 13.0 Å². The molecule has 0 saturated carbocycles. The van der Waals surface area contributed by atoms with Gasteiger partial charge in [0.2, 0.25) is 0 Å². The summed E-state index contributed by atoms with van der Waals surface area (Å²) in [7, 11) is 0. The third-order valence-electron chi connectivity index (χ3n) is 3.94. The van der Waals surface area contributed by atoms with Gasteiger partial charge in [-0.25, -0.2) is 22.5 Å². The molecule has 1 amide bonds. The van der Waals surface area contributed by atoms with Crippen molar-refractivity contribution < 1.29 is 22.4 Å². The number of hydrogen-bond donors (Lipinski definition) is 2. The maximum absolute atomic E-state index is 13.7. The third-order valence-corrected chi connectivity index (χ3v) is 3.94. The minimum Gasteiger partial charge on any atom is -0.352 e. The van der Waals surface area contributed by atoms with Crippen LogP contribution in [0.15, 0.2) is 54.7 Å². The number of rotatable bonds is 6. The van der Waals surface area contributed by atoms with Crippen molar-refractivity contribution in [2.45, 2.75) is 6.42 Å². The average Bonchev–Trinajstić information content (AvgIpc) is 2.70. The van der Waals surface area contributed by atoms with Crippen LogP contribution in [0.1, 0.15) is 15.9 Å². The maximum atomic E-state index is 13.7. The summed E-state index contributed by atoms with van der Waals surface area (Å²) in [5.41, 5.74) is 0.881. The Kier molecular flexibility index (Phi) is 5.88. The molecule has 0 aliphatic heterocycles. The predicted molar refractivity (Wildman–Crippen MR) is 96.3 cm³/mol. The molecule has 0 bridgehead atoms. The van der Waals surface area contributed by atoms with Crippen LogP contribution in [0.25, 0.3) is 0 Å². The Morgan fingerprint density at radius 1 is 0.893 bits per heavy atom. The van der Waals surface area contributed by atoms with E-state index in [9.17, 15) is 22.4 Å². The second-order valence-electron chi connectivity index (χ2n) is 5.91. The lowest BCUT2D eigenvalue weighted by Crippen LogP contribution is -2.25. The summed E-state index contributed by atoms with van der Waals surface area (Å²) in [4.78, 5) is 16.1. The van der Waals surface area contributed by atoms with Crippen LogP contribution in [0.5, 0.6) is 0 Å². The van der Waals surface area contributed by atoms with Gasteiger partial charge in [0.15, 0.2) is 17.5 Å². The van der Waals surface area contributed by atoms with E-state index in [4.69, 9.17) is 0 Å². The van der Waals surface area contributed by atoms with E-state index in [0.717, 1.165) is 17.7 Å². The Labute approximate surface area is 158 Å². The highest BCUT2D eigenvalue weighted by atomic mass is 19.2. The fraction of sp³-hybridized carbons (Fsp3) is 0.100. The number of pyridine rings is 1. The van der Waals surface area contributed by atoms with Crippen LogP contribution in [0, 0.1) is 23.3 Å². The van der Waals surface area contributed by atoms with Gasteiger partial charge in [-0.1, -0.05) is 12.1 Å². The molecule has 1 heterocycles. The molecule has 0 saturated heterocycles. The molecule has 0 spiro atoms. The van der Waals surface area contributed by atoms with Crippen molar-refractivity contribution in [3.63, 3.8) is 0 Å². The van der Waals surface area contributed by atoms with Crippen molar-refractivity contribution >= 4 is 17.4 Å². The molecule has 0 unspecified atom stereocenters. The van der Waals surface area contributed by atoms with Crippen LogP contribution in [0.4, 0.5) is 29.1 Å². The molecular weight excluding hydrogens is 374 g/mol. The summed E-state index contributed by atoms with van der Waals surface area (Å²) in [5.74, 6) is -4.75. The number of halogens is 4. The van der Waals surface area contributed by atoms with Gasteiger partial charge in [0.1, 0.15) is 11.6 Å². The number of benzene rings is 2. The highest BCUT2D eigenvalue weighted by Crippen LogP contribution is 2.22. The first-order chi connectivity index (χ1) is 13.4. The molecule has 0 aliphatic carbocycles. The van der Waals surface area contributed by atoms with Crippen LogP contribution in [0.3, 0.4) is 0 Å². The molecule has 0 aliphatic rings. The first-order valence-corrected chi connectivity index (χ1v) is 8.33. The molecule has 144 valence electrons. The van der Waals surface area contributed by atoms with Crippen molar-refractivity contribution in [3.8, 4) is 0 Å². The Morgan fingerprint density at radius 3 is 2.32 bits per heavy atom. The van der Waals surface area contributed by atoms with Crippen molar-refractivity contribution in [2.75, 3.05) is 11.9 Å². The number of hydrogen-bond acceptors (Lipinski definition) is 3. The third kappa shape index (κ3) is 4.64. The average molecular weight is 389 g/mol. The number of anilines is 2. The minimum absolute atomic E-state index is 0.160. The van der Waals surface area contributed by atoms with Crippen molar-refractivity contribution in [1.82, 2.24) is 10.3 Å². The fourth-order valence-electron chi connectivity index (χ4n) is 2.44. The second kappa shape index (κ2) is 8.51. The van der Waals surface area contributed by atoms with Crippen LogP contribution in [-0.2, 0) is 6.42 Å². The van der Waals surface area contributed by atoms with E-state index in [-0.39, 0.29) is 28.8 Å². The molecule has 0 radical (unpaired) electrons. The molecule has 2 aromatic carbocycles. The number of carbonyl (C=O) groups is 1. The largest absolute Gasteiger partial charge is 0.352 e. The first kappa shape index (κ1) is 19.3. The molecule has 4 nitrogen and oxygen atoms in total. The Balaban J connectivity index is 1.57. The summed E-state index contributed by atoms with van der Waals surface area (Å²) in [5, 5.41) is 5.23. The van der Waals surface area contributed by atoms with Gasteiger partial charge in [-0.3, -0.25) is 4.79 Å². The van der Waals surface area contributed by atoms with E-state index in [2.05, 4.69) is 15.6 Å². The Bertz CT molecular complexity index is 976. The Morgan fingerprint density at radius 2 is 1.64 bits per heavy atom. The minimum atomic E-state index is -1.58. The number of nitrogens with one attached hydrogen (secondary N) is 2. The predicted octanol–water partition coefficient (Wildman–Crippen LogP) is 4.35. The maximum Gasteiger partial charge on any atom is 0.252 e. The van der Waals surface area contributed by atoms with E-state index in [1.54, 1.807) is 12.1 Å². The summed E-state index contributed by atoms with van der Waals surface area (Å²) in [6, 6.07) is 10.7. The zero-order valence-corrected chi connectivity index (χ0v) is 14.5. The molecule has 2 N–H and O–H groups in total. The number of amides is 1. The van der Waals surface area contributed by atoms with Gasteiger partial charge < -0.3 is 10.6 Å². The topological polar surface area (TPSA) is 54.0 Å². The lowest BCUT2D eigenvalue weighted by molar-refractivity contribution is 0.0954. The molecule has 3 rings (SSSR count). The van der Waals surface area contributed by atoms with Gasteiger partial charge >= 0.3 is 0 Å². The monoisotopic (exact) mass is 389 g/mol. The van der Waals surface area contributed by atoms with Crippen molar-refractivity contribution in [2.24, 2.45) is 0 Å². The van der Waals surface area contributed by atoms with Gasteiger partial charge in [0.05, 0.1) is 11.3 Å². The van der Waals surface area contributed by atoms with E-state index in [1.807, 2.05) is 0 Å². The van der Waals surface area contributed by atoms with Crippen LogP contribution < -0.4 is 10.6 Å². The summed E-state index contributed by atoms with van der Waals surface area (Å²) >= 11 is 0. The van der Waals surface area contributed by atoms with Crippen LogP contribution >= 0.6 is 0 Å². The lowest BCUT2D eigenvalue weighted by Gasteiger charge is -2.09. The molecular formula is C20H15F4N3O. The van der Waals surface area contributed by atoms with Gasteiger partial charge in [0.25, 0.3) is 5.91 Å². The highest BCUT2D eigenvalue weighted by Gasteiger charge is 2.14. The van der Waals surface area contributed by atoms with Gasteiger partial charge in [-0.15, -0.1) is 0 Å². The van der Waals surface area contributed by atoms with Crippen LogP contribution in [0.2, 0.25) is 0 Å². The summed E-state index contributed by atoms with van der Waals surface area (Å²) in [6.07, 6.45) is 1.81. The van der Waals surface area contributed by atoms with Crippen molar-refractivity contribution in [3.05, 3.63) is 89.1 Å². The smallest absolute Gasteiger partial charge is 0.252 e. The highest BCUT2D eigenvalue weighted by molar-refractivity contribution is 5.94. The fourth-order valence-corrected chi connectivity index (χ4v) is 2.44. The van der Waals surface area contributed by atoms with Crippen LogP contribution in [-0.4, -0.2) is 17.4 Å². The van der Waals surface area contributed by atoms with Gasteiger partial charge in [-0.05, 0) is 48.4 Å². The second-order valence-corrected chi connectivity index (χ2v) is 5.91. The van der Waals surface area contributed by atoms with Gasteiger partial charge in [0, 0.05) is 12.7 Å². The van der Waals surface area contributed by atoms with E-state index >= 15 is 0 Å². The molecule has 0 fully saturated rings.